The number of hydrogen-bond donors (Lipinski definition) is 4. The molecule has 1 aliphatic heterocycles. The van der Waals surface area contributed by atoms with Gasteiger partial charge >= 0.3 is 23.9 Å². The molecule has 59 heavy (non-hydrogen) atoms. The fourth-order valence-corrected chi connectivity index (χ4v) is 6.20. The first-order chi connectivity index (χ1) is 28.1. The molecule has 0 aromatic carbocycles. The van der Waals surface area contributed by atoms with Gasteiger partial charge in [0.1, 0.15) is 24.4 Å². The molecule has 1 rings (SSSR count). The highest BCUT2D eigenvalue weighted by atomic mass is 16.7. The van der Waals surface area contributed by atoms with E-state index in [1.807, 2.05) is 13.8 Å². The minimum absolute atomic E-state index is 0.0260. The molecule has 0 radical (unpaired) electrons. The average molecular weight is 850 g/mol. The second-order valence-corrected chi connectivity index (χ2v) is 14.1. The van der Waals surface area contributed by atoms with E-state index in [2.05, 4.69) is 16.1 Å². The number of rotatable bonds is 33. The Morgan fingerprint density at radius 3 is 1.88 bits per heavy atom. The van der Waals surface area contributed by atoms with E-state index < -0.39 is 66.0 Å². The molecule has 3 amide bonds. The molecule has 1 heterocycles. The number of amides is 3. The molecule has 1 saturated heterocycles. The molecule has 4 N–H and O–H groups in total. The van der Waals surface area contributed by atoms with Gasteiger partial charge in [-0.05, 0) is 25.7 Å². The van der Waals surface area contributed by atoms with Crippen LogP contribution < -0.4 is 16.1 Å². The molecule has 5 unspecified atom stereocenters. The molecule has 0 aromatic rings. The smallest absolute Gasteiger partial charge is 0.303 e. The van der Waals surface area contributed by atoms with Gasteiger partial charge in [0.05, 0.1) is 46.2 Å². The lowest BCUT2D eigenvalue weighted by molar-refractivity contribution is -0.279. The van der Waals surface area contributed by atoms with E-state index in [4.69, 9.17) is 47.8 Å². The van der Waals surface area contributed by atoms with Crippen LogP contribution in [-0.2, 0) is 76.3 Å². The fraction of sp³-hybridized carbons (Fsp3) is 0.821. The Morgan fingerprint density at radius 1 is 0.678 bits per heavy atom. The number of carboxylic acids is 1. The SMILES string of the molecule is CCCC(CCC)(COCCC(=O)NCCOCCOCCOC1OC(COC(C)=O)C(OC(C)=O)C(OC(C)=O)C1NC(C)=O)ONC(=O)CCCCCCC(=O)O. The maximum Gasteiger partial charge on any atom is 0.303 e. The predicted molar refractivity (Wildman–Crippen MR) is 207 cm³/mol. The highest BCUT2D eigenvalue weighted by molar-refractivity contribution is 5.76. The summed E-state index contributed by atoms with van der Waals surface area (Å²) >= 11 is 0. The van der Waals surface area contributed by atoms with E-state index >= 15 is 0 Å². The zero-order valence-corrected chi connectivity index (χ0v) is 35.5. The monoisotopic (exact) mass is 849 g/mol. The second-order valence-electron chi connectivity index (χ2n) is 14.1. The van der Waals surface area contributed by atoms with Gasteiger partial charge in [0.2, 0.25) is 17.7 Å². The quantitative estimate of drug-likeness (QED) is 0.0319. The van der Waals surface area contributed by atoms with E-state index in [9.17, 15) is 33.6 Å². The maximum absolute atomic E-state index is 12.4. The fourth-order valence-electron chi connectivity index (χ4n) is 6.20. The van der Waals surface area contributed by atoms with Crippen molar-refractivity contribution in [3.05, 3.63) is 0 Å². The third-order valence-corrected chi connectivity index (χ3v) is 8.70. The topological polar surface area (TPSA) is 259 Å². The van der Waals surface area contributed by atoms with Crippen molar-refractivity contribution < 1.29 is 81.4 Å². The van der Waals surface area contributed by atoms with Gasteiger partial charge in [-0.25, -0.2) is 5.48 Å². The van der Waals surface area contributed by atoms with Crippen LogP contribution in [0.2, 0.25) is 0 Å². The van der Waals surface area contributed by atoms with Crippen LogP contribution in [0, 0.1) is 0 Å². The molecule has 0 bridgehead atoms. The third-order valence-electron chi connectivity index (χ3n) is 8.70. The molecule has 1 fully saturated rings. The summed E-state index contributed by atoms with van der Waals surface area (Å²) in [5.74, 6) is -3.83. The van der Waals surface area contributed by atoms with Crippen LogP contribution in [0.25, 0.3) is 0 Å². The first-order valence-electron chi connectivity index (χ1n) is 20.3. The highest BCUT2D eigenvalue weighted by Gasteiger charge is 2.51. The van der Waals surface area contributed by atoms with Crippen molar-refractivity contribution in [3.8, 4) is 0 Å². The molecule has 0 saturated carbocycles. The Kier molecular flexibility index (Phi) is 27.9. The second kappa shape index (κ2) is 31.0. The van der Waals surface area contributed by atoms with Crippen LogP contribution in [0.4, 0.5) is 0 Å². The molecule has 0 aliphatic carbocycles. The van der Waals surface area contributed by atoms with Crippen LogP contribution in [0.1, 0.15) is 112 Å². The van der Waals surface area contributed by atoms with Gasteiger partial charge < -0.3 is 53.6 Å². The molecule has 340 valence electrons. The van der Waals surface area contributed by atoms with Crippen LogP contribution >= 0.6 is 0 Å². The number of hydroxylamine groups is 1. The first kappa shape index (κ1) is 53.1. The summed E-state index contributed by atoms with van der Waals surface area (Å²) in [6.07, 6.45) is 1.42. The van der Waals surface area contributed by atoms with Crippen molar-refractivity contribution in [3.63, 3.8) is 0 Å². The zero-order valence-electron chi connectivity index (χ0n) is 35.5. The number of unbranched alkanes of at least 4 members (excludes halogenated alkanes) is 3. The van der Waals surface area contributed by atoms with Gasteiger partial charge in [0.25, 0.3) is 0 Å². The van der Waals surface area contributed by atoms with E-state index in [-0.39, 0.29) is 90.5 Å². The highest BCUT2D eigenvalue weighted by Crippen LogP contribution is 2.28. The Bertz CT molecular complexity index is 1280. The lowest BCUT2D eigenvalue weighted by atomic mass is 9.93. The lowest BCUT2D eigenvalue weighted by Gasteiger charge is -2.44. The third kappa shape index (κ3) is 24.7. The summed E-state index contributed by atoms with van der Waals surface area (Å²) in [6, 6.07) is -1.09. The Hall–Kier alpha value is -3.95. The Morgan fingerprint density at radius 2 is 1.29 bits per heavy atom. The molecule has 20 nitrogen and oxygen atoms in total. The minimum atomic E-state index is -1.23. The van der Waals surface area contributed by atoms with Gasteiger partial charge in [0, 0.05) is 53.5 Å². The molecule has 5 atom stereocenters. The van der Waals surface area contributed by atoms with Crippen molar-refractivity contribution in [1.29, 1.82) is 0 Å². The van der Waals surface area contributed by atoms with E-state index in [1.165, 1.54) is 13.8 Å². The molecular formula is C39H67N3O17. The largest absolute Gasteiger partial charge is 0.481 e. The van der Waals surface area contributed by atoms with E-state index in [0.29, 0.717) is 25.7 Å². The summed E-state index contributed by atoms with van der Waals surface area (Å²) < 4.78 is 44.6. The van der Waals surface area contributed by atoms with Crippen molar-refractivity contribution in [2.45, 2.75) is 148 Å². The van der Waals surface area contributed by atoms with Crippen LogP contribution in [0.5, 0.6) is 0 Å². The zero-order chi connectivity index (χ0) is 44.1. The van der Waals surface area contributed by atoms with Crippen molar-refractivity contribution in [2.75, 3.05) is 59.4 Å². The van der Waals surface area contributed by atoms with Gasteiger partial charge in [-0.3, -0.25) is 38.4 Å². The number of carbonyl (C=O) groups excluding carboxylic acids is 6. The van der Waals surface area contributed by atoms with Crippen molar-refractivity contribution in [1.82, 2.24) is 16.1 Å². The van der Waals surface area contributed by atoms with Crippen molar-refractivity contribution >= 4 is 41.6 Å². The van der Waals surface area contributed by atoms with Gasteiger partial charge in [-0.2, -0.15) is 0 Å². The number of carboxylic acid groups (broad SMARTS) is 1. The Balaban J connectivity index is 2.42. The van der Waals surface area contributed by atoms with Crippen molar-refractivity contribution in [2.24, 2.45) is 0 Å². The van der Waals surface area contributed by atoms with Gasteiger partial charge in [-0.15, -0.1) is 0 Å². The number of nitrogens with one attached hydrogen (secondary N) is 3. The number of esters is 3. The molecule has 0 aromatic heterocycles. The summed E-state index contributed by atoms with van der Waals surface area (Å²) in [6.45, 7) is 9.75. The Labute approximate surface area is 346 Å². The average Bonchev–Trinajstić information content (AvgIpc) is 3.15. The lowest BCUT2D eigenvalue weighted by Crippen LogP contribution is -2.66. The minimum Gasteiger partial charge on any atom is -0.481 e. The number of ether oxygens (including phenoxy) is 8. The van der Waals surface area contributed by atoms with Gasteiger partial charge in [0.15, 0.2) is 18.5 Å². The standard InChI is InChI=1S/C39H67N3O17/c1-7-16-39(17-8-2,59-42-33(48)13-11-9-10-12-14-34(49)50)26-53-19-15-32(47)40-18-20-51-21-22-52-23-24-54-38-35(41-27(3)43)37(57-30(6)46)36(56-29(5)45)31(58-38)25-55-28(4)44/h31,35-38H,7-26H2,1-6H3,(H,40,47)(H,41,43)(H,42,48)(H,49,50). The van der Waals surface area contributed by atoms with Gasteiger partial charge in [-0.1, -0.05) is 39.5 Å². The predicted octanol–water partition coefficient (Wildman–Crippen LogP) is 2.03. The van der Waals surface area contributed by atoms with Crippen LogP contribution in [-0.4, -0.2) is 142 Å². The molecule has 20 heteroatoms. The first-order valence-corrected chi connectivity index (χ1v) is 20.3. The maximum atomic E-state index is 12.4. The summed E-state index contributed by atoms with van der Waals surface area (Å²) in [4.78, 5) is 88.8. The normalized spacial score (nSPS) is 19.0. The molecule has 0 spiro atoms. The number of carbonyl (C=O) groups is 7. The van der Waals surface area contributed by atoms with Crippen LogP contribution in [0.15, 0.2) is 0 Å². The number of aliphatic carboxylic acids is 1. The number of hydrogen-bond acceptors (Lipinski definition) is 16. The van der Waals surface area contributed by atoms with Crippen LogP contribution in [0.3, 0.4) is 0 Å². The molecular weight excluding hydrogens is 782 g/mol. The summed E-state index contributed by atoms with van der Waals surface area (Å²) in [5.41, 5.74) is 1.85. The van der Waals surface area contributed by atoms with E-state index in [0.717, 1.165) is 39.5 Å². The van der Waals surface area contributed by atoms with E-state index in [1.54, 1.807) is 0 Å². The molecule has 1 aliphatic rings. The summed E-state index contributed by atoms with van der Waals surface area (Å²) in [7, 11) is 0. The summed E-state index contributed by atoms with van der Waals surface area (Å²) in [5, 5.41) is 14.1.